The van der Waals surface area contributed by atoms with Gasteiger partial charge in [0.25, 0.3) is 0 Å². The van der Waals surface area contributed by atoms with Gasteiger partial charge in [-0.05, 0) is 44.7 Å². The van der Waals surface area contributed by atoms with Gasteiger partial charge in [-0.3, -0.25) is 9.69 Å². The average Bonchev–Trinajstić information content (AvgIpc) is 3.29. The highest BCUT2D eigenvalue weighted by Crippen LogP contribution is 2.41. The maximum Gasteiger partial charge on any atom is 0.249 e. The zero-order valence-electron chi connectivity index (χ0n) is 18.6. The Hall–Kier alpha value is -2.43. The maximum atomic E-state index is 12.0. The van der Waals surface area contributed by atoms with Gasteiger partial charge in [-0.2, -0.15) is 0 Å². The molecule has 1 atom stereocenters. The third-order valence-electron chi connectivity index (χ3n) is 6.49. The van der Waals surface area contributed by atoms with Crippen molar-refractivity contribution in [3.05, 3.63) is 18.2 Å². The fourth-order valence-electron chi connectivity index (χ4n) is 4.42. The fourth-order valence-corrected chi connectivity index (χ4v) is 4.42. The summed E-state index contributed by atoms with van der Waals surface area (Å²) in [5, 5.41) is 3.09. The van der Waals surface area contributed by atoms with E-state index in [1.54, 1.807) is 14.0 Å². The number of rotatable bonds is 5. The molecule has 1 aliphatic carbocycles. The molecule has 2 heterocycles. The number of fused-ring (bicyclic) bond motifs is 1. The van der Waals surface area contributed by atoms with Gasteiger partial charge in [-0.1, -0.05) is 17.9 Å². The predicted molar refractivity (Wildman–Crippen MR) is 119 cm³/mol. The van der Waals surface area contributed by atoms with Gasteiger partial charge in [0.1, 0.15) is 6.10 Å². The second-order valence-corrected chi connectivity index (χ2v) is 8.53. The molecule has 1 aromatic carbocycles. The molecule has 0 radical (unpaired) electrons. The van der Waals surface area contributed by atoms with Crippen LogP contribution in [0.2, 0.25) is 0 Å². The van der Waals surface area contributed by atoms with Crippen LogP contribution in [0.1, 0.15) is 32.6 Å². The molecule has 0 aromatic heterocycles. The van der Waals surface area contributed by atoms with Gasteiger partial charge in [0.05, 0.1) is 12.2 Å². The van der Waals surface area contributed by atoms with Crippen LogP contribution in [0.25, 0.3) is 0 Å². The third kappa shape index (κ3) is 5.44. The van der Waals surface area contributed by atoms with Crippen LogP contribution >= 0.6 is 0 Å². The highest BCUT2D eigenvalue weighted by Gasteiger charge is 2.25. The van der Waals surface area contributed by atoms with Crippen molar-refractivity contribution in [2.45, 2.75) is 44.8 Å². The van der Waals surface area contributed by atoms with Crippen LogP contribution in [0, 0.1) is 17.8 Å². The zero-order chi connectivity index (χ0) is 21.6. The molecule has 1 saturated carbocycles. The lowest BCUT2D eigenvalue weighted by atomic mass is 9.86. The Labute approximate surface area is 185 Å². The molecule has 0 bridgehead atoms. The minimum atomic E-state index is -0.387. The molecule has 1 saturated heterocycles. The van der Waals surface area contributed by atoms with Gasteiger partial charge in [-0.25, -0.2) is 0 Å². The van der Waals surface area contributed by atoms with E-state index in [1.807, 2.05) is 12.1 Å². The number of amides is 1. The molecule has 31 heavy (non-hydrogen) atoms. The van der Waals surface area contributed by atoms with Gasteiger partial charge in [-0.15, -0.1) is 0 Å². The van der Waals surface area contributed by atoms with Crippen molar-refractivity contribution in [3.8, 4) is 23.3 Å². The summed E-state index contributed by atoms with van der Waals surface area (Å²) in [6, 6.07) is 6.35. The molecule has 2 fully saturated rings. The van der Waals surface area contributed by atoms with E-state index in [4.69, 9.17) is 14.2 Å². The molecular weight excluding hydrogens is 394 g/mol. The molecule has 2 aliphatic heterocycles. The largest absolute Gasteiger partial charge is 0.454 e. The number of piperazine rings is 1. The summed E-state index contributed by atoms with van der Waals surface area (Å²) in [4.78, 5) is 16.7. The molecule has 0 spiro atoms. The molecular formula is C24H33N3O4. The first kappa shape index (κ1) is 21.8. The lowest BCUT2D eigenvalue weighted by Crippen LogP contribution is -2.46. The number of anilines is 1. The van der Waals surface area contributed by atoms with Crippen molar-refractivity contribution >= 4 is 11.6 Å². The van der Waals surface area contributed by atoms with E-state index in [9.17, 15) is 4.79 Å². The van der Waals surface area contributed by atoms with Crippen LogP contribution in [-0.2, 0) is 9.53 Å². The van der Waals surface area contributed by atoms with E-state index in [0.717, 1.165) is 75.6 Å². The van der Waals surface area contributed by atoms with E-state index in [2.05, 4.69) is 33.0 Å². The SMILES string of the molecule is COC(C)C(=O)NC1CCC(C#CCN2CCN(c3cccc4c3OCO4)CC2)CC1. The first-order valence-electron chi connectivity index (χ1n) is 11.3. The number of hydrogen-bond acceptors (Lipinski definition) is 6. The molecule has 1 aromatic rings. The normalized spacial score (nSPS) is 24.3. The Morgan fingerprint density at radius 2 is 1.97 bits per heavy atom. The van der Waals surface area contributed by atoms with Crippen molar-refractivity contribution in [1.29, 1.82) is 0 Å². The molecule has 1 N–H and O–H groups in total. The second kappa shape index (κ2) is 10.3. The second-order valence-electron chi connectivity index (χ2n) is 8.53. The highest BCUT2D eigenvalue weighted by molar-refractivity contribution is 5.80. The van der Waals surface area contributed by atoms with Gasteiger partial charge >= 0.3 is 0 Å². The fraction of sp³-hybridized carbons (Fsp3) is 0.625. The summed E-state index contributed by atoms with van der Waals surface area (Å²) >= 11 is 0. The number of nitrogens with zero attached hydrogens (tertiary/aromatic N) is 2. The van der Waals surface area contributed by atoms with Gasteiger partial charge in [0.2, 0.25) is 12.7 Å². The van der Waals surface area contributed by atoms with Crippen LogP contribution in [0.15, 0.2) is 18.2 Å². The van der Waals surface area contributed by atoms with Crippen molar-refractivity contribution in [3.63, 3.8) is 0 Å². The Kier molecular flexibility index (Phi) is 7.21. The van der Waals surface area contributed by atoms with Crippen LogP contribution in [0.4, 0.5) is 5.69 Å². The average molecular weight is 428 g/mol. The van der Waals surface area contributed by atoms with Crippen LogP contribution in [0.3, 0.4) is 0 Å². The Morgan fingerprint density at radius 1 is 1.19 bits per heavy atom. The zero-order valence-corrected chi connectivity index (χ0v) is 18.6. The molecule has 1 amide bonds. The van der Waals surface area contributed by atoms with E-state index < -0.39 is 0 Å². The Bertz CT molecular complexity index is 818. The van der Waals surface area contributed by atoms with Gasteiger partial charge < -0.3 is 24.4 Å². The van der Waals surface area contributed by atoms with Gasteiger partial charge in [0, 0.05) is 45.2 Å². The minimum absolute atomic E-state index is 0.0178. The Morgan fingerprint density at radius 3 is 2.71 bits per heavy atom. The topological polar surface area (TPSA) is 63.3 Å². The first-order chi connectivity index (χ1) is 15.1. The molecule has 3 aliphatic rings. The standard InChI is InChI=1S/C24H33N3O4/c1-18(29-2)24(28)25-20-10-8-19(9-11-20)5-4-12-26-13-15-27(16-14-26)21-6-3-7-22-23(21)31-17-30-22/h3,6-7,18-20H,8-17H2,1-2H3,(H,25,28). The monoisotopic (exact) mass is 427 g/mol. The first-order valence-corrected chi connectivity index (χ1v) is 11.3. The number of ether oxygens (including phenoxy) is 3. The highest BCUT2D eigenvalue weighted by atomic mass is 16.7. The van der Waals surface area contributed by atoms with Crippen molar-refractivity contribution < 1.29 is 19.0 Å². The summed E-state index contributed by atoms with van der Waals surface area (Å²) in [6.07, 6.45) is 3.70. The van der Waals surface area contributed by atoms with Crippen molar-refractivity contribution in [1.82, 2.24) is 10.2 Å². The predicted octanol–water partition coefficient (Wildman–Crippen LogP) is 2.25. The molecule has 7 nitrogen and oxygen atoms in total. The molecule has 7 heteroatoms. The summed E-state index contributed by atoms with van der Waals surface area (Å²) in [7, 11) is 1.56. The summed E-state index contributed by atoms with van der Waals surface area (Å²) in [6.45, 7) is 6.83. The quantitative estimate of drug-likeness (QED) is 0.728. The van der Waals surface area contributed by atoms with E-state index in [0.29, 0.717) is 12.7 Å². The van der Waals surface area contributed by atoms with Crippen molar-refractivity contribution in [2.24, 2.45) is 5.92 Å². The Balaban J connectivity index is 1.18. The lowest BCUT2D eigenvalue weighted by molar-refractivity contribution is -0.131. The van der Waals surface area contributed by atoms with Gasteiger partial charge in [0.15, 0.2) is 11.5 Å². The van der Waals surface area contributed by atoms with E-state index in [-0.39, 0.29) is 18.1 Å². The maximum absolute atomic E-state index is 12.0. The summed E-state index contributed by atoms with van der Waals surface area (Å²) in [5.74, 6) is 9.02. The number of hydrogen-bond donors (Lipinski definition) is 1. The molecule has 1 unspecified atom stereocenters. The number of para-hydroxylation sites is 1. The lowest BCUT2D eigenvalue weighted by Gasteiger charge is -2.35. The number of carbonyl (C=O) groups is 1. The van der Waals surface area contributed by atoms with Crippen LogP contribution < -0.4 is 19.7 Å². The summed E-state index contributed by atoms with van der Waals surface area (Å²) in [5.41, 5.74) is 1.13. The number of benzene rings is 1. The smallest absolute Gasteiger partial charge is 0.249 e. The summed E-state index contributed by atoms with van der Waals surface area (Å²) < 4.78 is 16.2. The molecule has 168 valence electrons. The van der Waals surface area contributed by atoms with E-state index >= 15 is 0 Å². The third-order valence-corrected chi connectivity index (χ3v) is 6.49. The van der Waals surface area contributed by atoms with E-state index in [1.165, 1.54) is 0 Å². The number of nitrogens with one attached hydrogen (secondary N) is 1. The van der Waals surface area contributed by atoms with Crippen molar-refractivity contribution in [2.75, 3.05) is 51.5 Å². The number of methoxy groups -OCH3 is 1. The van der Waals surface area contributed by atoms with Crippen LogP contribution in [-0.4, -0.2) is 69.6 Å². The molecule has 4 rings (SSSR count). The van der Waals surface area contributed by atoms with Crippen LogP contribution in [0.5, 0.6) is 11.5 Å². The number of carbonyl (C=O) groups excluding carboxylic acids is 1. The minimum Gasteiger partial charge on any atom is -0.454 e.